The molecule has 16 heavy (non-hydrogen) atoms. The fourth-order valence-electron chi connectivity index (χ4n) is 1.56. The summed E-state index contributed by atoms with van der Waals surface area (Å²) in [6, 6.07) is 4.20. The smallest absolute Gasteiger partial charge is 0.311 e. The molecule has 6 heteroatoms. The van der Waals surface area contributed by atoms with Crippen LogP contribution in [0.4, 0.5) is 11.4 Å². The van der Waals surface area contributed by atoms with Crippen molar-refractivity contribution in [1.29, 1.82) is 0 Å². The van der Waals surface area contributed by atoms with Gasteiger partial charge in [0.15, 0.2) is 0 Å². The molecule has 0 bridgehead atoms. The third-order valence-electron chi connectivity index (χ3n) is 2.40. The van der Waals surface area contributed by atoms with Gasteiger partial charge in [0.25, 0.3) is 5.69 Å². The standard InChI is InChI=1S/C10H12N2O4/c1-2-6(10(13)14)7-4-3-5-8(9(7)11)12(15)16/h3-6H,2,11H2,1H3,(H,13,14). The fourth-order valence-corrected chi connectivity index (χ4v) is 1.56. The maximum absolute atomic E-state index is 10.9. The predicted octanol–water partition coefficient (Wildman–Crippen LogP) is 1.76. The summed E-state index contributed by atoms with van der Waals surface area (Å²) in [6.07, 6.45) is 0.334. The minimum atomic E-state index is -1.03. The number of para-hydroxylation sites is 1. The molecule has 0 heterocycles. The minimum Gasteiger partial charge on any atom is -0.481 e. The van der Waals surface area contributed by atoms with E-state index in [1.54, 1.807) is 6.92 Å². The van der Waals surface area contributed by atoms with E-state index in [4.69, 9.17) is 10.8 Å². The van der Waals surface area contributed by atoms with Crippen LogP contribution in [0.1, 0.15) is 24.8 Å². The highest BCUT2D eigenvalue weighted by Crippen LogP contribution is 2.32. The second-order valence-electron chi connectivity index (χ2n) is 3.34. The number of carboxylic acid groups (broad SMARTS) is 1. The van der Waals surface area contributed by atoms with E-state index < -0.39 is 16.8 Å². The summed E-state index contributed by atoms with van der Waals surface area (Å²) in [7, 11) is 0. The summed E-state index contributed by atoms with van der Waals surface area (Å²) in [4.78, 5) is 21.0. The zero-order valence-electron chi connectivity index (χ0n) is 8.71. The number of benzene rings is 1. The van der Waals surface area contributed by atoms with Gasteiger partial charge in [-0.3, -0.25) is 14.9 Å². The van der Waals surface area contributed by atoms with Gasteiger partial charge in [-0.05, 0) is 12.0 Å². The lowest BCUT2D eigenvalue weighted by atomic mass is 9.94. The molecule has 0 aliphatic carbocycles. The van der Waals surface area contributed by atoms with Crippen molar-refractivity contribution in [3.63, 3.8) is 0 Å². The number of carbonyl (C=O) groups is 1. The molecule has 0 aliphatic rings. The highest BCUT2D eigenvalue weighted by atomic mass is 16.6. The van der Waals surface area contributed by atoms with Gasteiger partial charge in [-0.2, -0.15) is 0 Å². The lowest BCUT2D eigenvalue weighted by molar-refractivity contribution is -0.383. The predicted molar refractivity (Wildman–Crippen MR) is 58.2 cm³/mol. The number of aliphatic carboxylic acids is 1. The lowest BCUT2D eigenvalue weighted by Gasteiger charge is -2.12. The van der Waals surface area contributed by atoms with Crippen LogP contribution in [0.2, 0.25) is 0 Å². The maximum Gasteiger partial charge on any atom is 0.311 e. The van der Waals surface area contributed by atoms with Gasteiger partial charge in [0.2, 0.25) is 0 Å². The molecule has 0 amide bonds. The van der Waals surface area contributed by atoms with E-state index in [2.05, 4.69) is 0 Å². The van der Waals surface area contributed by atoms with Gasteiger partial charge in [0.1, 0.15) is 5.69 Å². The maximum atomic E-state index is 10.9. The average molecular weight is 224 g/mol. The molecule has 0 radical (unpaired) electrons. The second kappa shape index (κ2) is 4.61. The highest BCUT2D eigenvalue weighted by molar-refractivity contribution is 5.80. The number of nitro benzene ring substituents is 1. The van der Waals surface area contributed by atoms with Crippen molar-refractivity contribution in [3.8, 4) is 0 Å². The first-order valence-corrected chi connectivity index (χ1v) is 4.74. The largest absolute Gasteiger partial charge is 0.481 e. The molecule has 1 atom stereocenters. The van der Waals surface area contributed by atoms with E-state index in [9.17, 15) is 14.9 Å². The molecular weight excluding hydrogens is 212 g/mol. The summed E-state index contributed by atoms with van der Waals surface area (Å²) in [5.74, 6) is -1.84. The van der Waals surface area contributed by atoms with Crippen molar-refractivity contribution in [1.82, 2.24) is 0 Å². The van der Waals surface area contributed by atoms with Crippen LogP contribution in [0.25, 0.3) is 0 Å². The second-order valence-corrected chi connectivity index (χ2v) is 3.34. The molecule has 6 nitrogen and oxygen atoms in total. The van der Waals surface area contributed by atoms with Crippen LogP contribution < -0.4 is 5.73 Å². The highest BCUT2D eigenvalue weighted by Gasteiger charge is 2.24. The molecule has 1 rings (SSSR count). The Morgan fingerprint density at radius 1 is 1.62 bits per heavy atom. The van der Waals surface area contributed by atoms with E-state index in [1.807, 2.05) is 0 Å². The van der Waals surface area contributed by atoms with Gasteiger partial charge in [0, 0.05) is 6.07 Å². The first kappa shape index (κ1) is 12.0. The van der Waals surface area contributed by atoms with Crippen LogP contribution in [0.15, 0.2) is 18.2 Å². The molecule has 0 spiro atoms. The summed E-state index contributed by atoms with van der Waals surface area (Å²) in [6.45, 7) is 1.69. The van der Waals surface area contributed by atoms with Crippen LogP contribution in [0.5, 0.6) is 0 Å². The Kier molecular flexibility index (Phi) is 3.44. The van der Waals surface area contributed by atoms with Crippen molar-refractivity contribution in [2.45, 2.75) is 19.3 Å². The Hall–Kier alpha value is -2.11. The van der Waals surface area contributed by atoms with Crippen molar-refractivity contribution in [2.75, 3.05) is 5.73 Å². The molecule has 86 valence electrons. The van der Waals surface area contributed by atoms with E-state index in [-0.39, 0.29) is 11.4 Å². The van der Waals surface area contributed by atoms with Gasteiger partial charge in [-0.15, -0.1) is 0 Å². The average Bonchev–Trinajstić information content (AvgIpc) is 2.20. The molecule has 0 aliphatic heterocycles. The molecule has 0 saturated carbocycles. The summed E-state index contributed by atoms with van der Waals surface area (Å²) < 4.78 is 0. The first-order valence-electron chi connectivity index (χ1n) is 4.74. The summed E-state index contributed by atoms with van der Waals surface area (Å²) in [5.41, 5.74) is 5.57. The van der Waals surface area contributed by atoms with E-state index in [1.165, 1.54) is 18.2 Å². The van der Waals surface area contributed by atoms with E-state index in [0.29, 0.717) is 12.0 Å². The minimum absolute atomic E-state index is 0.0678. The van der Waals surface area contributed by atoms with Crippen LogP contribution in [-0.2, 0) is 4.79 Å². The van der Waals surface area contributed by atoms with Crippen LogP contribution in [0, 0.1) is 10.1 Å². The Morgan fingerprint density at radius 2 is 2.25 bits per heavy atom. The number of nitro groups is 1. The lowest BCUT2D eigenvalue weighted by Crippen LogP contribution is -2.13. The Labute approximate surface area is 91.8 Å². The molecule has 1 aromatic rings. The third kappa shape index (κ3) is 2.10. The number of hydrogen-bond donors (Lipinski definition) is 2. The zero-order valence-corrected chi connectivity index (χ0v) is 8.71. The van der Waals surface area contributed by atoms with E-state index in [0.717, 1.165) is 0 Å². The van der Waals surface area contributed by atoms with Gasteiger partial charge >= 0.3 is 5.97 Å². The van der Waals surface area contributed by atoms with Gasteiger partial charge in [-0.1, -0.05) is 19.1 Å². The topological polar surface area (TPSA) is 106 Å². The quantitative estimate of drug-likeness (QED) is 0.460. The molecule has 1 unspecified atom stereocenters. The van der Waals surface area contributed by atoms with E-state index >= 15 is 0 Å². The Bertz CT molecular complexity index is 431. The number of anilines is 1. The molecule has 0 fully saturated rings. The summed E-state index contributed by atoms with van der Waals surface area (Å²) >= 11 is 0. The van der Waals surface area contributed by atoms with Crippen LogP contribution in [-0.4, -0.2) is 16.0 Å². The van der Waals surface area contributed by atoms with Crippen molar-refractivity contribution in [3.05, 3.63) is 33.9 Å². The number of hydrogen-bond acceptors (Lipinski definition) is 4. The number of carboxylic acids is 1. The normalized spacial score (nSPS) is 12.1. The van der Waals surface area contributed by atoms with Gasteiger partial charge in [0.05, 0.1) is 10.8 Å². The molecule has 1 aromatic carbocycles. The number of nitrogens with zero attached hydrogens (tertiary/aromatic N) is 1. The SMILES string of the molecule is CCC(C(=O)O)c1cccc([N+](=O)[O-])c1N. The van der Waals surface area contributed by atoms with Crippen molar-refractivity contribution in [2.24, 2.45) is 0 Å². The summed E-state index contributed by atoms with van der Waals surface area (Å²) in [5, 5.41) is 19.6. The first-order chi connectivity index (χ1) is 7.49. The molecule has 0 aromatic heterocycles. The number of nitrogens with two attached hydrogens (primary N) is 1. The van der Waals surface area contributed by atoms with Gasteiger partial charge < -0.3 is 10.8 Å². The molecule has 3 N–H and O–H groups in total. The molecule has 0 saturated heterocycles. The fraction of sp³-hybridized carbons (Fsp3) is 0.300. The third-order valence-corrected chi connectivity index (χ3v) is 2.40. The Morgan fingerprint density at radius 3 is 2.69 bits per heavy atom. The van der Waals surface area contributed by atoms with Crippen LogP contribution in [0.3, 0.4) is 0 Å². The van der Waals surface area contributed by atoms with Crippen molar-refractivity contribution < 1.29 is 14.8 Å². The molecular formula is C10H12N2O4. The monoisotopic (exact) mass is 224 g/mol. The van der Waals surface area contributed by atoms with Gasteiger partial charge in [-0.25, -0.2) is 0 Å². The Balaban J connectivity index is 3.29. The number of rotatable bonds is 4. The van der Waals surface area contributed by atoms with Crippen molar-refractivity contribution >= 4 is 17.3 Å². The zero-order chi connectivity index (χ0) is 12.3. The number of nitrogen functional groups attached to an aromatic ring is 1. The van der Waals surface area contributed by atoms with Crippen LogP contribution >= 0.6 is 0 Å².